The van der Waals surface area contributed by atoms with Crippen LogP contribution in [0.5, 0.6) is 5.75 Å². The SMILES string of the molecule is Cc1ccccc1OCCN(C)CC(=O)N(C)Cc1ccccc1F. The van der Waals surface area contributed by atoms with E-state index in [1.807, 2.05) is 43.1 Å². The molecule has 1 amide bonds. The van der Waals surface area contributed by atoms with E-state index in [9.17, 15) is 9.18 Å². The minimum absolute atomic E-state index is 0.0540. The van der Waals surface area contributed by atoms with Crippen molar-refractivity contribution in [3.05, 3.63) is 65.5 Å². The molecule has 0 saturated carbocycles. The number of aryl methyl sites for hydroxylation is 1. The maximum absolute atomic E-state index is 13.7. The van der Waals surface area contributed by atoms with Crippen molar-refractivity contribution in [2.45, 2.75) is 13.5 Å². The third-order valence-electron chi connectivity index (χ3n) is 4.02. The van der Waals surface area contributed by atoms with Crippen LogP contribution in [0.4, 0.5) is 4.39 Å². The van der Waals surface area contributed by atoms with Crippen LogP contribution in [0.2, 0.25) is 0 Å². The summed E-state index contributed by atoms with van der Waals surface area (Å²) in [4.78, 5) is 15.7. The first-order chi connectivity index (χ1) is 12.0. The van der Waals surface area contributed by atoms with Gasteiger partial charge in [0.15, 0.2) is 0 Å². The predicted octanol–water partition coefficient (Wildman–Crippen LogP) is 3.10. The number of hydrogen-bond donors (Lipinski definition) is 0. The van der Waals surface area contributed by atoms with Crippen molar-refractivity contribution in [2.24, 2.45) is 0 Å². The Labute approximate surface area is 148 Å². The van der Waals surface area contributed by atoms with Gasteiger partial charge in [-0.15, -0.1) is 0 Å². The molecule has 25 heavy (non-hydrogen) atoms. The Bertz CT molecular complexity index is 706. The first kappa shape index (κ1) is 18.9. The molecule has 0 fully saturated rings. The number of rotatable bonds is 8. The summed E-state index contributed by atoms with van der Waals surface area (Å²) < 4.78 is 19.4. The highest BCUT2D eigenvalue weighted by molar-refractivity contribution is 5.77. The van der Waals surface area contributed by atoms with Crippen molar-refractivity contribution in [3.8, 4) is 5.75 Å². The number of hydrogen-bond acceptors (Lipinski definition) is 3. The molecule has 0 atom stereocenters. The van der Waals surface area contributed by atoms with E-state index >= 15 is 0 Å². The highest BCUT2D eigenvalue weighted by Gasteiger charge is 2.13. The van der Waals surface area contributed by atoms with Gasteiger partial charge in [0.2, 0.25) is 5.91 Å². The van der Waals surface area contributed by atoms with E-state index in [2.05, 4.69) is 0 Å². The molecule has 2 aromatic rings. The fourth-order valence-corrected chi connectivity index (χ4v) is 2.43. The van der Waals surface area contributed by atoms with Crippen molar-refractivity contribution in [1.82, 2.24) is 9.80 Å². The topological polar surface area (TPSA) is 32.8 Å². The summed E-state index contributed by atoms with van der Waals surface area (Å²) in [5.74, 6) is 0.516. The quantitative estimate of drug-likeness (QED) is 0.738. The van der Waals surface area contributed by atoms with Gasteiger partial charge in [0, 0.05) is 25.7 Å². The van der Waals surface area contributed by atoms with Gasteiger partial charge in [0.25, 0.3) is 0 Å². The number of amides is 1. The van der Waals surface area contributed by atoms with E-state index < -0.39 is 0 Å². The summed E-state index contributed by atoms with van der Waals surface area (Å²) in [5, 5.41) is 0. The number of likely N-dealkylation sites (N-methyl/N-ethyl adjacent to an activating group) is 2. The van der Waals surface area contributed by atoms with Gasteiger partial charge < -0.3 is 9.64 Å². The van der Waals surface area contributed by atoms with E-state index in [1.54, 1.807) is 25.2 Å². The summed E-state index contributed by atoms with van der Waals surface area (Å²) in [5.41, 5.74) is 1.61. The van der Waals surface area contributed by atoms with Crippen LogP contribution in [-0.4, -0.2) is 49.5 Å². The number of para-hydroxylation sites is 1. The van der Waals surface area contributed by atoms with Crippen molar-refractivity contribution in [3.63, 3.8) is 0 Å². The van der Waals surface area contributed by atoms with Crippen LogP contribution >= 0.6 is 0 Å². The van der Waals surface area contributed by atoms with Gasteiger partial charge in [-0.2, -0.15) is 0 Å². The Kier molecular flexibility index (Phi) is 6.95. The number of halogens is 1. The van der Waals surface area contributed by atoms with Crippen molar-refractivity contribution >= 4 is 5.91 Å². The predicted molar refractivity (Wildman–Crippen MR) is 97.0 cm³/mol. The Morgan fingerprint density at radius 3 is 2.48 bits per heavy atom. The highest BCUT2D eigenvalue weighted by Crippen LogP contribution is 2.15. The maximum Gasteiger partial charge on any atom is 0.236 e. The largest absolute Gasteiger partial charge is 0.492 e. The first-order valence-corrected chi connectivity index (χ1v) is 8.31. The van der Waals surface area contributed by atoms with Gasteiger partial charge in [-0.1, -0.05) is 36.4 Å². The lowest BCUT2D eigenvalue weighted by atomic mass is 10.2. The van der Waals surface area contributed by atoms with Gasteiger partial charge >= 0.3 is 0 Å². The molecular formula is C20H25FN2O2. The molecule has 0 saturated heterocycles. The summed E-state index contributed by atoms with van der Waals surface area (Å²) >= 11 is 0. The molecule has 5 heteroatoms. The molecule has 0 aliphatic heterocycles. The van der Waals surface area contributed by atoms with Crippen LogP contribution in [0.1, 0.15) is 11.1 Å². The molecule has 4 nitrogen and oxygen atoms in total. The minimum Gasteiger partial charge on any atom is -0.492 e. The molecule has 0 spiro atoms. The number of ether oxygens (including phenoxy) is 1. The summed E-state index contributed by atoms with van der Waals surface area (Å²) in [7, 11) is 3.56. The molecule has 2 aromatic carbocycles. The Morgan fingerprint density at radius 2 is 1.76 bits per heavy atom. The number of carbonyl (C=O) groups is 1. The number of nitrogens with zero attached hydrogens (tertiary/aromatic N) is 2. The van der Waals surface area contributed by atoms with Gasteiger partial charge in [-0.3, -0.25) is 9.69 Å². The second-order valence-electron chi connectivity index (χ2n) is 6.19. The number of benzene rings is 2. The Morgan fingerprint density at radius 1 is 1.08 bits per heavy atom. The van der Waals surface area contributed by atoms with Crippen LogP contribution in [0.3, 0.4) is 0 Å². The fraction of sp³-hybridized carbons (Fsp3) is 0.350. The second-order valence-corrected chi connectivity index (χ2v) is 6.19. The van der Waals surface area contributed by atoms with Crippen LogP contribution in [-0.2, 0) is 11.3 Å². The molecule has 0 aliphatic carbocycles. The molecule has 0 heterocycles. The second kappa shape index (κ2) is 9.18. The normalized spacial score (nSPS) is 10.8. The standard InChI is InChI=1S/C20H25FN2O2/c1-16-8-4-7-11-19(16)25-13-12-22(2)15-20(24)23(3)14-17-9-5-6-10-18(17)21/h4-11H,12-15H2,1-3H3. The lowest BCUT2D eigenvalue weighted by Crippen LogP contribution is -2.38. The zero-order valence-corrected chi connectivity index (χ0v) is 15.0. The lowest BCUT2D eigenvalue weighted by molar-refractivity contribution is -0.131. The Balaban J connectivity index is 1.75. The van der Waals surface area contributed by atoms with Crippen molar-refractivity contribution in [2.75, 3.05) is 33.8 Å². The fourth-order valence-electron chi connectivity index (χ4n) is 2.43. The molecule has 0 unspecified atom stereocenters. The average Bonchev–Trinajstić information content (AvgIpc) is 2.58. The smallest absolute Gasteiger partial charge is 0.236 e. The molecule has 2 rings (SSSR count). The van der Waals surface area contributed by atoms with Crippen LogP contribution in [0, 0.1) is 12.7 Å². The minimum atomic E-state index is -0.290. The Hall–Kier alpha value is -2.40. The average molecular weight is 344 g/mol. The van der Waals surface area contributed by atoms with Gasteiger partial charge in [-0.25, -0.2) is 4.39 Å². The first-order valence-electron chi connectivity index (χ1n) is 8.31. The van der Waals surface area contributed by atoms with E-state index in [1.165, 1.54) is 11.0 Å². The van der Waals surface area contributed by atoms with Crippen LogP contribution in [0.15, 0.2) is 48.5 Å². The highest BCUT2D eigenvalue weighted by atomic mass is 19.1. The molecule has 134 valence electrons. The van der Waals surface area contributed by atoms with Gasteiger partial charge in [0.05, 0.1) is 6.54 Å². The van der Waals surface area contributed by atoms with E-state index in [0.717, 1.165) is 11.3 Å². The third-order valence-corrected chi connectivity index (χ3v) is 4.02. The summed E-state index contributed by atoms with van der Waals surface area (Å²) in [6.45, 7) is 3.67. The summed E-state index contributed by atoms with van der Waals surface area (Å²) in [6, 6.07) is 14.4. The summed E-state index contributed by atoms with van der Waals surface area (Å²) in [6.07, 6.45) is 0. The zero-order chi connectivity index (χ0) is 18.2. The lowest BCUT2D eigenvalue weighted by Gasteiger charge is -2.22. The third kappa shape index (κ3) is 5.87. The van der Waals surface area contributed by atoms with E-state index in [4.69, 9.17) is 4.74 Å². The van der Waals surface area contributed by atoms with E-state index in [0.29, 0.717) is 18.7 Å². The van der Waals surface area contributed by atoms with Gasteiger partial charge in [-0.05, 0) is 31.7 Å². The van der Waals surface area contributed by atoms with Crippen molar-refractivity contribution < 1.29 is 13.9 Å². The molecule has 0 aromatic heterocycles. The number of carbonyl (C=O) groups excluding carboxylic acids is 1. The van der Waals surface area contributed by atoms with E-state index in [-0.39, 0.29) is 24.8 Å². The zero-order valence-electron chi connectivity index (χ0n) is 15.0. The van der Waals surface area contributed by atoms with Crippen molar-refractivity contribution in [1.29, 1.82) is 0 Å². The molecule has 0 bridgehead atoms. The maximum atomic E-state index is 13.7. The molecule has 0 radical (unpaired) electrons. The monoisotopic (exact) mass is 344 g/mol. The van der Waals surface area contributed by atoms with Gasteiger partial charge in [0.1, 0.15) is 18.2 Å². The van der Waals surface area contributed by atoms with Crippen LogP contribution in [0.25, 0.3) is 0 Å². The van der Waals surface area contributed by atoms with Crippen LogP contribution < -0.4 is 4.74 Å². The molecule has 0 N–H and O–H groups in total. The molecular weight excluding hydrogens is 319 g/mol. The molecule has 0 aliphatic rings.